The van der Waals surface area contributed by atoms with E-state index >= 15 is 0 Å². The third-order valence-corrected chi connectivity index (χ3v) is 2.63. The zero-order valence-corrected chi connectivity index (χ0v) is 8.46. The summed E-state index contributed by atoms with van der Waals surface area (Å²) >= 11 is 0. The van der Waals surface area contributed by atoms with Gasteiger partial charge >= 0.3 is 0 Å². The summed E-state index contributed by atoms with van der Waals surface area (Å²) in [6, 6.07) is 4.16. The summed E-state index contributed by atoms with van der Waals surface area (Å²) in [5.74, 6) is 1.26. The van der Waals surface area contributed by atoms with Gasteiger partial charge in [0.1, 0.15) is 0 Å². The molecule has 5 nitrogen and oxygen atoms in total. The fourth-order valence-electron chi connectivity index (χ4n) is 1.63. The summed E-state index contributed by atoms with van der Waals surface area (Å²) < 4.78 is 4.63. The number of fused-ring (bicyclic) bond motifs is 2. The number of aromatic nitrogens is 2. The predicted molar refractivity (Wildman–Crippen MR) is 56.8 cm³/mol. The Bertz CT molecular complexity index is 487. The summed E-state index contributed by atoms with van der Waals surface area (Å²) in [5.41, 5.74) is 4.48. The van der Waals surface area contributed by atoms with Crippen molar-refractivity contribution >= 4 is 23.0 Å². The lowest BCUT2D eigenvalue weighted by molar-refractivity contribution is 0.311. The lowest BCUT2D eigenvalue weighted by Gasteiger charge is -2.18. The molecule has 0 fully saturated rings. The van der Waals surface area contributed by atoms with Gasteiger partial charge in [0.2, 0.25) is 11.6 Å². The van der Waals surface area contributed by atoms with E-state index in [9.17, 15) is 0 Å². The smallest absolute Gasteiger partial charge is 0.220 e. The molecule has 0 amide bonds. The Kier molecular flexibility index (Phi) is 1.50. The summed E-state index contributed by atoms with van der Waals surface area (Å²) in [4.78, 5) is 0. The molecule has 0 saturated carbocycles. The maximum atomic E-state index is 4.63. The highest BCUT2D eigenvalue weighted by molar-refractivity contribution is 5.86. The molecule has 0 atom stereocenters. The van der Waals surface area contributed by atoms with Gasteiger partial charge < -0.3 is 10.6 Å². The zero-order valence-electron chi connectivity index (χ0n) is 8.46. The van der Waals surface area contributed by atoms with E-state index in [2.05, 4.69) is 51.6 Å². The molecule has 1 aromatic heterocycles. The van der Waals surface area contributed by atoms with Crippen LogP contribution in [0.1, 0.15) is 11.1 Å². The lowest BCUT2D eigenvalue weighted by atomic mass is 10.1. The van der Waals surface area contributed by atoms with Crippen LogP contribution >= 0.6 is 0 Å². The highest BCUT2D eigenvalue weighted by Gasteiger charge is 2.19. The van der Waals surface area contributed by atoms with Crippen molar-refractivity contribution in [2.24, 2.45) is 0 Å². The van der Waals surface area contributed by atoms with Crippen molar-refractivity contribution in [2.45, 2.75) is 13.8 Å². The van der Waals surface area contributed by atoms with Crippen LogP contribution in [0.4, 0.5) is 23.0 Å². The Hall–Kier alpha value is -2.04. The van der Waals surface area contributed by atoms with Gasteiger partial charge in [-0.1, -0.05) is 0 Å². The van der Waals surface area contributed by atoms with Gasteiger partial charge in [-0.15, -0.1) is 0 Å². The second-order valence-corrected chi connectivity index (χ2v) is 3.69. The van der Waals surface area contributed by atoms with E-state index in [0.717, 1.165) is 11.4 Å². The molecule has 76 valence electrons. The van der Waals surface area contributed by atoms with Crippen LogP contribution in [-0.4, -0.2) is 10.3 Å². The number of nitrogens with zero attached hydrogens (tertiary/aromatic N) is 2. The molecule has 0 unspecified atom stereocenters. The van der Waals surface area contributed by atoms with Crippen LogP contribution in [0.2, 0.25) is 0 Å². The van der Waals surface area contributed by atoms with Gasteiger partial charge in [-0.3, -0.25) is 0 Å². The maximum Gasteiger partial charge on any atom is 0.220 e. The van der Waals surface area contributed by atoms with Crippen LogP contribution in [0.15, 0.2) is 16.8 Å². The molecule has 0 spiro atoms. The second-order valence-electron chi connectivity index (χ2n) is 3.69. The monoisotopic (exact) mass is 202 g/mol. The Morgan fingerprint density at radius 1 is 0.933 bits per heavy atom. The number of hydrogen-bond donors (Lipinski definition) is 2. The van der Waals surface area contributed by atoms with E-state index in [0.29, 0.717) is 11.6 Å². The molecular weight excluding hydrogens is 192 g/mol. The Morgan fingerprint density at radius 3 is 1.87 bits per heavy atom. The van der Waals surface area contributed by atoms with Gasteiger partial charge in [-0.25, -0.2) is 4.63 Å². The first-order valence-electron chi connectivity index (χ1n) is 4.72. The topological polar surface area (TPSA) is 63.0 Å². The molecule has 3 rings (SSSR count). The van der Waals surface area contributed by atoms with E-state index in [1.807, 2.05) is 0 Å². The molecule has 0 saturated heterocycles. The van der Waals surface area contributed by atoms with Crippen molar-refractivity contribution in [1.82, 2.24) is 10.3 Å². The zero-order chi connectivity index (χ0) is 10.4. The average Bonchev–Trinajstić information content (AvgIpc) is 2.63. The molecule has 2 N–H and O–H groups in total. The van der Waals surface area contributed by atoms with Crippen molar-refractivity contribution in [1.29, 1.82) is 0 Å². The SMILES string of the molecule is Cc1cc2c(cc1C)Nc1nonc1N2. The molecule has 1 aromatic carbocycles. The molecule has 2 aromatic rings. The number of hydrogen-bond acceptors (Lipinski definition) is 5. The maximum absolute atomic E-state index is 4.63. The van der Waals surface area contributed by atoms with Crippen LogP contribution in [0.5, 0.6) is 0 Å². The van der Waals surface area contributed by atoms with E-state index in [1.54, 1.807) is 0 Å². The van der Waals surface area contributed by atoms with E-state index in [-0.39, 0.29) is 0 Å². The number of rotatable bonds is 0. The molecule has 0 aliphatic carbocycles. The van der Waals surface area contributed by atoms with Gasteiger partial charge in [0.15, 0.2) is 0 Å². The average molecular weight is 202 g/mol. The number of benzene rings is 1. The summed E-state index contributed by atoms with van der Waals surface area (Å²) in [6.45, 7) is 4.15. The Labute approximate surface area is 86.4 Å². The molecular formula is C10H10N4O. The van der Waals surface area contributed by atoms with Crippen molar-refractivity contribution in [3.8, 4) is 0 Å². The Morgan fingerprint density at radius 2 is 1.40 bits per heavy atom. The molecule has 0 bridgehead atoms. The van der Waals surface area contributed by atoms with Crippen molar-refractivity contribution in [3.63, 3.8) is 0 Å². The third-order valence-electron chi connectivity index (χ3n) is 2.63. The summed E-state index contributed by atoms with van der Waals surface area (Å²) in [5, 5.41) is 13.8. The van der Waals surface area contributed by atoms with Crippen LogP contribution in [0.25, 0.3) is 0 Å². The quantitative estimate of drug-likeness (QED) is 0.586. The number of anilines is 4. The third kappa shape index (κ3) is 1.16. The minimum absolute atomic E-state index is 0.630. The summed E-state index contributed by atoms with van der Waals surface area (Å²) in [7, 11) is 0. The molecule has 0 radical (unpaired) electrons. The highest BCUT2D eigenvalue weighted by Crippen LogP contribution is 2.37. The minimum Gasteiger partial charge on any atom is -0.332 e. The predicted octanol–water partition coefficient (Wildman–Crippen LogP) is 2.49. The van der Waals surface area contributed by atoms with Crippen molar-refractivity contribution in [2.75, 3.05) is 10.6 Å². The first-order chi connectivity index (χ1) is 7.24. The lowest BCUT2D eigenvalue weighted by Crippen LogP contribution is -2.06. The minimum atomic E-state index is 0.630. The Balaban J connectivity index is 2.13. The van der Waals surface area contributed by atoms with Crippen molar-refractivity contribution < 1.29 is 4.63 Å². The summed E-state index contributed by atoms with van der Waals surface area (Å²) in [6.07, 6.45) is 0. The molecule has 1 aliphatic heterocycles. The molecule has 1 aliphatic rings. The fourth-order valence-corrected chi connectivity index (χ4v) is 1.63. The first-order valence-corrected chi connectivity index (χ1v) is 4.72. The van der Waals surface area contributed by atoms with Gasteiger partial charge in [0.05, 0.1) is 11.4 Å². The van der Waals surface area contributed by atoms with Gasteiger partial charge in [-0.05, 0) is 47.4 Å². The number of aryl methyl sites for hydroxylation is 2. The molecule has 5 heteroatoms. The van der Waals surface area contributed by atoms with Crippen LogP contribution in [0, 0.1) is 13.8 Å². The van der Waals surface area contributed by atoms with Gasteiger partial charge in [0, 0.05) is 0 Å². The van der Waals surface area contributed by atoms with E-state index in [1.165, 1.54) is 11.1 Å². The molecule has 15 heavy (non-hydrogen) atoms. The second kappa shape index (κ2) is 2.73. The standard InChI is InChI=1S/C10H10N4O/c1-5-3-7-8(4-6(5)2)12-10-9(11-7)13-15-14-10/h3-4H,1-2H3,(H,11,13)(H,12,14). The number of nitrogens with one attached hydrogen (secondary N) is 2. The van der Waals surface area contributed by atoms with Crippen LogP contribution < -0.4 is 10.6 Å². The van der Waals surface area contributed by atoms with Gasteiger partial charge in [0.25, 0.3) is 0 Å². The normalized spacial score (nSPS) is 12.4. The van der Waals surface area contributed by atoms with Crippen LogP contribution in [-0.2, 0) is 0 Å². The van der Waals surface area contributed by atoms with E-state index < -0.39 is 0 Å². The van der Waals surface area contributed by atoms with Crippen molar-refractivity contribution in [3.05, 3.63) is 23.3 Å². The molecule has 2 heterocycles. The largest absolute Gasteiger partial charge is 0.332 e. The fraction of sp³-hybridized carbons (Fsp3) is 0.200. The van der Waals surface area contributed by atoms with Gasteiger partial charge in [-0.2, -0.15) is 0 Å². The van der Waals surface area contributed by atoms with E-state index in [4.69, 9.17) is 0 Å². The van der Waals surface area contributed by atoms with Crippen LogP contribution in [0.3, 0.4) is 0 Å². The first kappa shape index (κ1) is 8.28. The highest BCUT2D eigenvalue weighted by atomic mass is 16.6.